The van der Waals surface area contributed by atoms with E-state index in [0.29, 0.717) is 6.04 Å². The van der Waals surface area contributed by atoms with Crippen LogP contribution in [0.3, 0.4) is 0 Å². The fourth-order valence-corrected chi connectivity index (χ4v) is 2.59. The Balaban J connectivity index is 2.13. The second-order valence-electron chi connectivity index (χ2n) is 4.43. The average molecular weight is 261 g/mol. The number of aryl methyl sites for hydroxylation is 1. The number of pyridine rings is 1. The van der Waals surface area contributed by atoms with Crippen molar-refractivity contribution in [1.82, 2.24) is 15.3 Å². The fraction of sp³-hybridized carbons (Fsp3) is 0.429. The van der Waals surface area contributed by atoms with Crippen LogP contribution in [0.5, 0.6) is 0 Å². The molecular formula is C14H19N3S. The third kappa shape index (κ3) is 3.62. The standard InChI is InChI=1S/C14H19N3S/c1-3-4-16-13(8-14-17-5-6-18-14)12-7-11(2)9-15-10-12/h5-7,9-10,13,16H,3-4,8H2,1-2H3. The van der Waals surface area contributed by atoms with Gasteiger partial charge < -0.3 is 5.32 Å². The maximum absolute atomic E-state index is 4.37. The molecule has 0 aliphatic rings. The summed E-state index contributed by atoms with van der Waals surface area (Å²) in [5.74, 6) is 0. The minimum Gasteiger partial charge on any atom is -0.310 e. The quantitative estimate of drug-likeness (QED) is 0.868. The van der Waals surface area contributed by atoms with Crippen LogP contribution < -0.4 is 5.32 Å². The molecule has 1 unspecified atom stereocenters. The second-order valence-corrected chi connectivity index (χ2v) is 5.41. The average Bonchev–Trinajstić information content (AvgIpc) is 2.87. The largest absolute Gasteiger partial charge is 0.310 e. The summed E-state index contributed by atoms with van der Waals surface area (Å²) in [7, 11) is 0. The molecule has 0 fully saturated rings. The molecule has 0 amide bonds. The molecule has 2 aromatic heterocycles. The molecule has 0 spiro atoms. The van der Waals surface area contributed by atoms with Crippen molar-refractivity contribution in [3.63, 3.8) is 0 Å². The maximum Gasteiger partial charge on any atom is 0.0943 e. The molecule has 0 saturated carbocycles. The van der Waals surface area contributed by atoms with Crippen LogP contribution in [-0.4, -0.2) is 16.5 Å². The van der Waals surface area contributed by atoms with Crippen LogP contribution in [0.2, 0.25) is 0 Å². The molecule has 1 atom stereocenters. The van der Waals surface area contributed by atoms with Gasteiger partial charge in [-0.25, -0.2) is 4.98 Å². The Morgan fingerprint density at radius 1 is 1.39 bits per heavy atom. The van der Waals surface area contributed by atoms with E-state index in [1.165, 1.54) is 16.1 Å². The normalized spacial score (nSPS) is 12.6. The zero-order valence-corrected chi connectivity index (χ0v) is 11.7. The van der Waals surface area contributed by atoms with Crippen molar-refractivity contribution in [2.45, 2.75) is 32.7 Å². The van der Waals surface area contributed by atoms with E-state index in [0.717, 1.165) is 19.4 Å². The fourth-order valence-electron chi connectivity index (χ4n) is 1.92. The summed E-state index contributed by atoms with van der Waals surface area (Å²) in [6.07, 6.45) is 7.78. The molecule has 3 nitrogen and oxygen atoms in total. The van der Waals surface area contributed by atoms with E-state index in [-0.39, 0.29) is 0 Å². The number of nitrogens with zero attached hydrogens (tertiary/aromatic N) is 2. The Bertz CT molecular complexity index is 468. The van der Waals surface area contributed by atoms with Gasteiger partial charge in [-0.3, -0.25) is 4.98 Å². The molecule has 0 aliphatic carbocycles. The van der Waals surface area contributed by atoms with Gasteiger partial charge in [-0.1, -0.05) is 13.0 Å². The SMILES string of the molecule is CCCNC(Cc1nccs1)c1cncc(C)c1. The molecule has 96 valence electrons. The van der Waals surface area contributed by atoms with E-state index in [1.54, 1.807) is 11.3 Å². The third-order valence-electron chi connectivity index (χ3n) is 2.80. The molecule has 18 heavy (non-hydrogen) atoms. The summed E-state index contributed by atoms with van der Waals surface area (Å²) in [6.45, 7) is 5.28. The lowest BCUT2D eigenvalue weighted by atomic mass is 10.0. The van der Waals surface area contributed by atoms with Gasteiger partial charge in [0.25, 0.3) is 0 Å². The van der Waals surface area contributed by atoms with Gasteiger partial charge in [0.05, 0.1) is 5.01 Å². The molecule has 2 heterocycles. The van der Waals surface area contributed by atoms with Gasteiger partial charge in [0.15, 0.2) is 0 Å². The van der Waals surface area contributed by atoms with Crippen LogP contribution >= 0.6 is 11.3 Å². The zero-order valence-electron chi connectivity index (χ0n) is 10.9. The van der Waals surface area contributed by atoms with E-state index in [4.69, 9.17) is 0 Å². The Morgan fingerprint density at radius 3 is 2.94 bits per heavy atom. The highest BCUT2D eigenvalue weighted by atomic mass is 32.1. The van der Waals surface area contributed by atoms with E-state index >= 15 is 0 Å². The number of rotatable bonds is 6. The van der Waals surface area contributed by atoms with Gasteiger partial charge >= 0.3 is 0 Å². The lowest BCUT2D eigenvalue weighted by molar-refractivity contribution is 0.526. The van der Waals surface area contributed by atoms with Crippen LogP contribution in [0.4, 0.5) is 0 Å². The van der Waals surface area contributed by atoms with E-state index in [1.807, 2.05) is 24.0 Å². The van der Waals surface area contributed by atoms with Gasteiger partial charge in [0.2, 0.25) is 0 Å². The van der Waals surface area contributed by atoms with Crippen molar-refractivity contribution in [1.29, 1.82) is 0 Å². The Morgan fingerprint density at radius 2 is 2.28 bits per heavy atom. The first-order valence-electron chi connectivity index (χ1n) is 6.33. The van der Waals surface area contributed by atoms with Crippen molar-refractivity contribution < 1.29 is 0 Å². The number of hydrogen-bond donors (Lipinski definition) is 1. The molecule has 0 aromatic carbocycles. The highest BCUT2D eigenvalue weighted by molar-refractivity contribution is 7.09. The number of aromatic nitrogens is 2. The van der Waals surface area contributed by atoms with Gasteiger partial charge in [-0.05, 0) is 31.0 Å². The van der Waals surface area contributed by atoms with Crippen LogP contribution in [0.1, 0.15) is 35.5 Å². The van der Waals surface area contributed by atoms with Gasteiger partial charge in [-0.15, -0.1) is 11.3 Å². The minimum absolute atomic E-state index is 0.309. The predicted octanol–water partition coefficient (Wildman–Crippen LogP) is 3.13. The minimum atomic E-state index is 0.309. The first-order chi connectivity index (χ1) is 8.79. The van der Waals surface area contributed by atoms with Crippen molar-refractivity contribution >= 4 is 11.3 Å². The van der Waals surface area contributed by atoms with Crippen molar-refractivity contribution in [3.05, 3.63) is 46.2 Å². The molecular weight excluding hydrogens is 242 g/mol. The monoisotopic (exact) mass is 261 g/mol. The summed E-state index contributed by atoms with van der Waals surface area (Å²) in [5, 5.41) is 6.78. The first-order valence-corrected chi connectivity index (χ1v) is 7.21. The molecule has 2 rings (SSSR count). The molecule has 0 aliphatic heterocycles. The summed E-state index contributed by atoms with van der Waals surface area (Å²) in [4.78, 5) is 8.66. The predicted molar refractivity (Wildman–Crippen MR) is 75.8 cm³/mol. The molecule has 1 N–H and O–H groups in total. The smallest absolute Gasteiger partial charge is 0.0943 e. The van der Waals surface area contributed by atoms with Crippen molar-refractivity contribution in [2.75, 3.05) is 6.54 Å². The zero-order chi connectivity index (χ0) is 12.8. The van der Waals surface area contributed by atoms with Crippen molar-refractivity contribution in [3.8, 4) is 0 Å². The lowest BCUT2D eigenvalue weighted by Crippen LogP contribution is -2.24. The Kier molecular flexibility index (Phi) is 4.84. The van der Waals surface area contributed by atoms with Gasteiger partial charge in [-0.2, -0.15) is 0 Å². The molecule has 4 heteroatoms. The third-order valence-corrected chi connectivity index (χ3v) is 3.60. The highest BCUT2D eigenvalue weighted by Crippen LogP contribution is 2.19. The Labute approximate surface area is 112 Å². The molecule has 0 bridgehead atoms. The number of thiazole rings is 1. The van der Waals surface area contributed by atoms with E-state index < -0.39 is 0 Å². The number of hydrogen-bond acceptors (Lipinski definition) is 4. The highest BCUT2D eigenvalue weighted by Gasteiger charge is 2.13. The topological polar surface area (TPSA) is 37.8 Å². The summed E-state index contributed by atoms with van der Waals surface area (Å²) in [5.41, 5.74) is 2.45. The van der Waals surface area contributed by atoms with Crippen LogP contribution in [0, 0.1) is 6.92 Å². The molecule has 0 radical (unpaired) electrons. The van der Waals surface area contributed by atoms with Crippen LogP contribution in [0.25, 0.3) is 0 Å². The van der Waals surface area contributed by atoms with Gasteiger partial charge in [0, 0.05) is 36.4 Å². The second kappa shape index (κ2) is 6.61. The molecule has 0 saturated heterocycles. The van der Waals surface area contributed by atoms with Crippen LogP contribution in [-0.2, 0) is 6.42 Å². The summed E-state index contributed by atoms with van der Waals surface area (Å²) >= 11 is 1.71. The van der Waals surface area contributed by atoms with Crippen molar-refractivity contribution in [2.24, 2.45) is 0 Å². The van der Waals surface area contributed by atoms with Gasteiger partial charge in [0.1, 0.15) is 0 Å². The first kappa shape index (κ1) is 13.2. The maximum atomic E-state index is 4.37. The van der Waals surface area contributed by atoms with E-state index in [9.17, 15) is 0 Å². The summed E-state index contributed by atoms with van der Waals surface area (Å²) < 4.78 is 0. The van der Waals surface area contributed by atoms with Crippen LogP contribution in [0.15, 0.2) is 30.0 Å². The lowest BCUT2D eigenvalue weighted by Gasteiger charge is -2.18. The Hall–Kier alpha value is -1.26. The van der Waals surface area contributed by atoms with E-state index in [2.05, 4.69) is 35.2 Å². The number of nitrogens with one attached hydrogen (secondary N) is 1. The molecule has 2 aromatic rings. The summed E-state index contributed by atoms with van der Waals surface area (Å²) in [6, 6.07) is 2.51.